The molecule has 0 aromatic heterocycles. The van der Waals surface area contributed by atoms with Crippen LogP contribution in [0, 0.1) is 0 Å². The fourth-order valence-corrected chi connectivity index (χ4v) is 2.61. The predicted molar refractivity (Wildman–Crippen MR) is 83.4 cm³/mol. The Labute approximate surface area is 138 Å². The van der Waals surface area contributed by atoms with Crippen LogP contribution in [0.5, 0.6) is 0 Å². The molecule has 2 rings (SSSR count). The smallest absolute Gasteiger partial charge is 0.340 e. The van der Waals surface area contributed by atoms with Gasteiger partial charge in [0.05, 0.1) is 11.6 Å². The SMILES string of the molecule is CC(=O)N1CCN([C@H](C)C(=O)Nc2cccc(C(F)(F)F)c2)CC1. The highest BCUT2D eigenvalue weighted by molar-refractivity contribution is 5.94. The van der Waals surface area contributed by atoms with Crippen molar-refractivity contribution < 1.29 is 22.8 Å². The number of alkyl halides is 3. The average molecular weight is 343 g/mol. The van der Waals surface area contributed by atoms with E-state index in [4.69, 9.17) is 0 Å². The fourth-order valence-electron chi connectivity index (χ4n) is 2.61. The molecule has 0 spiro atoms. The van der Waals surface area contributed by atoms with Crippen LogP contribution < -0.4 is 5.32 Å². The van der Waals surface area contributed by atoms with Crippen LogP contribution in [0.3, 0.4) is 0 Å². The second-order valence-electron chi connectivity index (χ2n) is 5.79. The van der Waals surface area contributed by atoms with Crippen molar-refractivity contribution in [3.8, 4) is 0 Å². The van der Waals surface area contributed by atoms with E-state index in [1.807, 2.05) is 4.90 Å². The molecule has 1 aliphatic heterocycles. The molecule has 0 saturated carbocycles. The summed E-state index contributed by atoms with van der Waals surface area (Å²) in [5.41, 5.74) is -0.688. The van der Waals surface area contributed by atoms with Crippen LogP contribution in [0.1, 0.15) is 19.4 Å². The number of halogens is 3. The average Bonchev–Trinajstić information content (AvgIpc) is 2.53. The normalized spacial score (nSPS) is 17.5. The summed E-state index contributed by atoms with van der Waals surface area (Å²) in [6.07, 6.45) is -4.45. The third-order valence-electron chi connectivity index (χ3n) is 4.14. The minimum atomic E-state index is -4.45. The summed E-state index contributed by atoms with van der Waals surface area (Å²) < 4.78 is 38.1. The summed E-state index contributed by atoms with van der Waals surface area (Å²) in [6, 6.07) is 4.06. The monoisotopic (exact) mass is 343 g/mol. The molecule has 132 valence electrons. The van der Waals surface area contributed by atoms with Gasteiger partial charge in [0.25, 0.3) is 0 Å². The van der Waals surface area contributed by atoms with Gasteiger partial charge in [-0.25, -0.2) is 0 Å². The first-order chi connectivity index (χ1) is 11.2. The number of hydrogen-bond donors (Lipinski definition) is 1. The predicted octanol–water partition coefficient (Wildman–Crippen LogP) is 2.20. The number of rotatable bonds is 3. The van der Waals surface area contributed by atoms with E-state index in [1.165, 1.54) is 19.1 Å². The zero-order valence-electron chi connectivity index (χ0n) is 13.6. The third-order valence-corrected chi connectivity index (χ3v) is 4.14. The van der Waals surface area contributed by atoms with Gasteiger partial charge >= 0.3 is 6.18 Å². The number of carbonyl (C=O) groups is 2. The Morgan fingerprint density at radius 3 is 2.33 bits per heavy atom. The van der Waals surface area contributed by atoms with Crippen molar-refractivity contribution in [3.05, 3.63) is 29.8 Å². The van der Waals surface area contributed by atoms with E-state index >= 15 is 0 Å². The first kappa shape index (κ1) is 18.3. The molecule has 5 nitrogen and oxygen atoms in total. The molecule has 1 heterocycles. The van der Waals surface area contributed by atoms with Gasteiger partial charge in [0, 0.05) is 38.8 Å². The van der Waals surface area contributed by atoms with Crippen molar-refractivity contribution in [1.82, 2.24) is 9.80 Å². The highest BCUT2D eigenvalue weighted by Gasteiger charge is 2.31. The Hall–Kier alpha value is -2.09. The lowest BCUT2D eigenvalue weighted by molar-refractivity contribution is -0.137. The molecule has 0 radical (unpaired) electrons. The Morgan fingerprint density at radius 1 is 1.17 bits per heavy atom. The summed E-state index contributed by atoms with van der Waals surface area (Å²) in [5, 5.41) is 2.52. The zero-order valence-corrected chi connectivity index (χ0v) is 13.6. The first-order valence-electron chi connectivity index (χ1n) is 7.66. The van der Waals surface area contributed by atoms with Crippen LogP contribution >= 0.6 is 0 Å². The van der Waals surface area contributed by atoms with Gasteiger partial charge in [-0.1, -0.05) is 6.07 Å². The fraction of sp³-hybridized carbons (Fsp3) is 0.500. The molecule has 0 aliphatic carbocycles. The van der Waals surface area contributed by atoms with E-state index in [2.05, 4.69) is 5.32 Å². The minimum Gasteiger partial charge on any atom is -0.340 e. The van der Waals surface area contributed by atoms with E-state index in [0.29, 0.717) is 26.2 Å². The van der Waals surface area contributed by atoms with Crippen molar-refractivity contribution in [2.24, 2.45) is 0 Å². The summed E-state index contributed by atoms with van der Waals surface area (Å²) >= 11 is 0. The van der Waals surface area contributed by atoms with Crippen molar-refractivity contribution in [3.63, 3.8) is 0 Å². The number of amides is 2. The number of benzene rings is 1. The van der Waals surface area contributed by atoms with Crippen LogP contribution in [-0.2, 0) is 15.8 Å². The minimum absolute atomic E-state index is 0.00396. The van der Waals surface area contributed by atoms with Gasteiger partial charge in [0.2, 0.25) is 11.8 Å². The molecule has 0 bridgehead atoms. The van der Waals surface area contributed by atoms with Crippen LogP contribution in [0.2, 0.25) is 0 Å². The van der Waals surface area contributed by atoms with Crippen molar-refractivity contribution in [1.29, 1.82) is 0 Å². The molecule has 1 aromatic rings. The molecule has 1 saturated heterocycles. The zero-order chi connectivity index (χ0) is 17.9. The van der Waals surface area contributed by atoms with E-state index < -0.39 is 17.8 Å². The molecule has 24 heavy (non-hydrogen) atoms. The summed E-state index contributed by atoms with van der Waals surface area (Å²) in [6.45, 7) is 5.38. The Morgan fingerprint density at radius 2 is 1.79 bits per heavy atom. The Balaban J connectivity index is 1.96. The molecule has 8 heteroatoms. The van der Waals surface area contributed by atoms with Gasteiger partial charge in [-0.15, -0.1) is 0 Å². The summed E-state index contributed by atoms with van der Waals surface area (Å²) in [5.74, 6) is -0.374. The Kier molecular flexibility index (Phi) is 5.48. The number of piperazine rings is 1. The van der Waals surface area contributed by atoms with Crippen molar-refractivity contribution >= 4 is 17.5 Å². The van der Waals surface area contributed by atoms with Gasteiger partial charge in [0.15, 0.2) is 0 Å². The highest BCUT2D eigenvalue weighted by atomic mass is 19.4. The number of anilines is 1. The van der Waals surface area contributed by atoms with Gasteiger partial charge in [-0.3, -0.25) is 14.5 Å². The van der Waals surface area contributed by atoms with Crippen LogP contribution in [-0.4, -0.2) is 53.8 Å². The molecular weight excluding hydrogens is 323 g/mol. The van der Waals surface area contributed by atoms with Crippen LogP contribution in [0.25, 0.3) is 0 Å². The Bertz CT molecular complexity index is 611. The number of hydrogen-bond acceptors (Lipinski definition) is 3. The molecule has 1 N–H and O–H groups in total. The van der Waals surface area contributed by atoms with Gasteiger partial charge in [-0.05, 0) is 25.1 Å². The van der Waals surface area contributed by atoms with E-state index in [9.17, 15) is 22.8 Å². The van der Waals surface area contributed by atoms with E-state index in [1.54, 1.807) is 11.8 Å². The van der Waals surface area contributed by atoms with Gasteiger partial charge < -0.3 is 10.2 Å². The summed E-state index contributed by atoms with van der Waals surface area (Å²) in [4.78, 5) is 27.2. The molecular formula is C16H20F3N3O2. The van der Waals surface area contributed by atoms with Crippen LogP contribution in [0.15, 0.2) is 24.3 Å². The highest BCUT2D eigenvalue weighted by Crippen LogP contribution is 2.30. The lowest BCUT2D eigenvalue weighted by atomic mass is 10.1. The molecule has 1 atom stereocenters. The van der Waals surface area contributed by atoms with E-state index in [-0.39, 0.29) is 17.5 Å². The topological polar surface area (TPSA) is 52.7 Å². The maximum Gasteiger partial charge on any atom is 0.416 e. The standard InChI is InChI=1S/C16H20F3N3O2/c1-11(21-6-8-22(9-7-21)12(2)23)15(24)20-14-5-3-4-13(10-14)16(17,18)19/h3-5,10-11H,6-9H2,1-2H3,(H,20,24)/t11-/m1/s1. The molecule has 2 amide bonds. The largest absolute Gasteiger partial charge is 0.416 e. The molecule has 1 aliphatic rings. The lowest BCUT2D eigenvalue weighted by Crippen LogP contribution is -2.53. The summed E-state index contributed by atoms with van der Waals surface area (Å²) in [7, 11) is 0. The quantitative estimate of drug-likeness (QED) is 0.915. The maximum absolute atomic E-state index is 12.7. The molecule has 1 aromatic carbocycles. The third kappa shape index (κ3) is 4.47. The lowest BCUT2D eigenvalue weighted by Gasteiger charge is -2.37. The van der Waals surface area contributed by atoms with Crippen molar-refractivity contribution in [2.45, 2.75) is 26.1 Å². The molecule has 0 unspecified atom stereocenters. The van der Waals surface area contributed by atoms with Gasteiger partial charge in [0.1, 0.15) is 0 Å². The maximum atomic E-state index is 12.7. The van der Waals surface area contributed by atoms with Gasteiger partial charge in [-0.2, -0.15) is 13.2 Å². The van der Waals surface area contributed by atoms with Crippen LogP contribution in [0.4, 0.5) is 18.9 Å². The number of carbonyl (C=O) groups excluding carboxylic acids is 2. The first-order valence-corrected chi connectivity index (χ1v) is 7.66. The van der Waals surface area contributed by atoms with E-state index in [0.717, 1.165) is 12.1 Å². The second-order valence-corrected chi connectivity index (χ2v) is 5.79. The number of nitrogens with one attached hydrogen (secondary N) is 1. The van der Waals surface area contributed by atoms with Crippen molar-refractivity contribution in [2.75, 3.05) is 31.5 Å². The molecule has 1 fully saturated rings. The number of nitrogens with zero attached hydrogens (tertiary/aromatic N) is 2. The second kappa shape index (κ2) is 7.21.